The van der Waals surface area contributed by atoms with Crippen molar-refractivity contribution in [1.29, 1.82) is 0 Å². The Hall–Kier alpha value is -2.17. The van der Waals surface area contributed by atoms with Crippen LogP contribution in [0.15, 0.2) is 28.7 Å². The molecule has 1 atom stereocenters. The topological polar surface area (TPSA) is 59.2 Å². The molecule has 5 heteroatoms. The molecule has 25 heavy (non-hydrogen) atoms. The minimum absolute atomic E-state index is 0.0904. The Morgan fingerprint density at radius 3 is 2.68 bits per heavy atom. The fourth-order valence-corrected chi connectivity index (χ4v) is 3.55. The molecule has 1 aliphatic rings. The number of hydrogen-bond donors (Lipinski definition) is 0. The number of amides is 1. The lowest BCUT2D eigenvalue weighted by atomic mass is 9.77. The van der Waals surface area contributed by atoms with Gasteiger partial charge in [0.1, 0.15) is 0 Å². The molecule has 1 aliphatic heterocycles. The molecule has 0 aliphatic carbocycles. The lowest BCUT2D eigenvalue weighted by molar-refractivity contribution is 0.0755. The van der Waals surface area contributed by atoms with E-state index in [2.05, 4.69) is 31.0 Å². The lowest BCUT2D eigenvalue weighted by Crippen LogP contribution is -2.32. The van der Waals surface area contributed by atoms with Crippen LogP contribution in [-0.4, -0.2) is 34.1 Å². The van der Waals surface area contributed by atoms with Gasteiger partial charge in [-0.25, -0.2) is 0 Å². The van der Waals surface area contributed by atoms with Gasteiger partial charge in [0.05, 0.1) is 0 Å². The van der Waals surface area contributed by atoms with Crippen molar-refractivity contribution in [2.75, 3.05) is 13.1 Å². The lowest BCUT2D eigenvalue weighted by Gasteiger charge is -2.29. The largest absolute Gasteiger partial charge is 0.421 e. The number of aryl methyl sites for hydroxylation is 1. The summed E-state index contributed by atoms with van der Waals surface area (Å²) < 4.78 is 5.47. The summed E-state index contributed by atoms with van der Waals surface area (Å²) in [6.45, 7) is 10.3. The molecular weight excluding hydrogens is 314 g/mol. The minimum atomic E-state index is 0.0904. The summed E-state index contributed by atoms with van der Waals surface area (Å²) >= 11 is 0. The standard InChI is InChI=1S/C20H27N3O2/c1-14-21-22-18(25-14)15-7-5-8-16(13-15)19(24)23-11-6-9-17(10-12-23)20(2,3)4/h5,7-8,13,17H,6,9-12H2,1-4H3. The summed E-state index contributed by atoms with van der Waals surface area (Å²) in [5, 5.41) is 7.90. The number of rotatable bonds is 2. The van der Waals surface area contributed by atoms with Gasteiger partial charge in [-0.3, -0.25) is 4.79 Å². The molecule has 0 saturated carbocycles. The van der Waals surface area contributed by atoms with Crippen molar-refractivity contribution in [2.45, 2.75) is 47.0 Å². The van der Waals surface area contributed by atoms with Gasteiger partial charge in [0.2, 0.25) is 11.8 Å². The third-order valence-electron chi connectivity index (χ3n) is 5.12. The van der Waals surface area contributed by atoms with Crippen LogP contribution >= 0.6 is 0 Å². The van der Waals surface area contributed by atoms with Gasteiger partial charge in [0, 0.05) is 31.1 Å². The summed E-state index contributed by atoms with van der Waals surface area (Å²) in [7, 11) is 0. The third-order valence-corrected chi connectivity index (χ3v) is 5.12. The first kappa shape index (κ1) is 17.6. The van der Waals surface area contributed by atoms with E-state index >= 15 is 0 Å². The fourth-order valence-electron chi connectivity index (χ4n) is 3.55. The van der Waals surface area contributed by atoms with E-state index in [9.17, 15) is 4.79 Å². The van der Waals surface area contributed by atoms with Crippen molar-refractivity contribution in [3.05, 3.63) is 35.7 Å². The Morgan fingerprint density at radius 2 is 2.00 bits per heavy atom. The maximum atomic E-state index is 13.0. The molecule has 1 amide bonds. The van der Waals surface area contributed by atoms with Crippen molar-refractivity contribution in [2.24, 2.45) is 11.3 Å². The first-order chi connectivity index (χ1) is 11.8. The van der Waals surface area contributed by atoms with E-state index < -0.39 is 0 Å². The Labute approximate surface area is 149 Å². The zero-order chi connectivity index (χ0) is 18.0. The monoisotopic (exact) mass is 341 g/mol. The summed E-state index contributed by atoms with van der Waals surface area (Å²) in [6, 6.07) is 7.47. The SMILES string of the molecule is Cc1nnc(-c2cccc(C(=O)N3CCCC(C(C)(C)C)CC3)c2)o1. The van der Waals surface area contributed by atoms with Crippen LogP contribution in [0.2, 0.25) is 0 Å². The first-order valence-corrected chi connectivity index (χ1v) is 9.04. The van der Waals surface area contributed by atoms with E-state index in [0.717, 1.165) is 31.5 Å². The predicted octanol–water partition coefficient (Wildman–Crippen LogP) is 4.33. The van der Waals surface area contributed by atoms with Gasteiger partial charge in [0.25, 0.3) is 5.91 Å². The number of likely N-dealkylation sites (tertiary alicyclic amines) is 1. The van der Waals surface area contributed by atoms with Gasteiger partial charge in [-0.1, -0.05) is 26.8 Å². The van der Waals surface area contributed by atoms with Crippen LogP contribution in [0.25, 0.3) is 11.5 Å². The second kappa shape index (κ2) is 6.98. The molecule has 2 heterocycles. The van der Waals surface area contributed by atoms with Crippen molar-refractivity contribution in [1.82, 2.24) is 15.1 Å². The molecule has 1 fully saturated rings. The number of aromatic nitrogens is 2. The van der Waals surface area contributed by atoms with Crippen molar-refractivity contribution < 1.29 is 9.21 Å². The summed E-state index contributed by atoms with van der Waals surface area (Å²) in [5.74, 6) is 1.73. The molecule has 2 aromatic rings. The van der Waals surface area contributed by atoms with Crippen LogP contribution in [-0.2, 0) is 0 Å². The second-order valence-electron chi connectivity index (χ2n) is 7.99. The molecule has 0 spiro atoms. The van der Waals surface area contributed by atoms with Crippen LogP contribution < -0.4 is 0 Å². The highest BCUT2D eigenvalue weighted by Crippen LogP contribution is 2.34. The molecule has 3 rings (SSSR count). The average Bonchev–Trinajstić information content (AvgIpc) is 2.85. The van der Waals surface area contributed by atoms with Crippen LogP contribution in [0.5, 0.6) is 0 Å². The predicted molar refractivity (Wildman–Crippen MR) is 97.2 cm³/mol. The number of carbonyl (C=O) groups excluding carboxylic acids is 1. The summed E-state index contributed by atoms with van der Waals surface area (Å²) in [5.41, 5.74) is 1.77. The Kier molecular flexibility index (Phi) is 4.93. The van der Waals surface area contributed by atoms with E-state index in [0.29, 0.717) is 28.7 Å². The normalized spacial score (nSPS) is 18.9. The van der Waals surface area contributed by atoms with Gasteiger partial charge < -0.3 is 9.32 Å². The molecular formula is C20H27N3O2. The molecule has 1 aromatic carbocycles. The number of carbonyl (C=O) groups is 1. The molecule has 0 N–H and O–H groups in total. The highest BCUT2D eigenvalue weighted by atomic mass is 16.4. The number of benzene rings is 1. The van der Waals surface area contributed by atoms with Gasteiger partial charge in [0.15, 0.2) is 0 Å². The van der Waals surface area contributed by atoms with Gasteiger partial charge in [-0.15, -0.1) is 10.2 Å². The second-order valence-corrected chi connectivity index (χ2v) is 7.99. The molecule has 134 valence electrons. The molecule has 0 bridgehead atoms. The Morgan fingerprint density at radius 1 is 1.20 bits per heavy atom. The zero-order valence-electron chi connectivity index (χ0n) is 15.6. The molecule has 1 aromatic heterocycles. The van der Waals surface area contributed by atoms with E-state index in [1.807, 2.05) is 29.2 Å². The van der Waals surface area contributed by atoms with E-state index in [1.54, 1.807) is 6.92 Å². The Balaban J connectivity index is 1.75. The van der Waals surface area contributed by atoms with Crippen LogP contribution in [0.4, 0.5) is 0 Å². The van der Waals surface area contributed by atoms with Crippen molar-refractivity contribution >= 4 is 5.91 Å². The highest BCUT2D eigenvalue weighted by Gasteiger charge is 2.28. The maximum Gasteiger partial charge on any atom is 0.253 e. The van der Waals surface area contributed by atoms with Crippen molar-refractivity contribution in [3.63, 3.8) is 0 Å². The van der Waals surface area contributed by atoms with Gasteiger partial charge >= 0.3 is 0 Å². The zero-order valence-corrected chi connectivity index (χ0v) is 15.6. The molecule has 5 nitrogen and oxygen atoms in total. The van der Waals surface area contributed by atoms with Crippen LogP contribution in [0, 0.1) is 18.3 Å². The van der Waals surface area contributed by atoms with E-state index in [1.165, 1.54) is 6.42 Å². The Bertz CT molecular complexity index is 745. The molecule has 1 saturated heterocycles. The van der Waals surface area contributed by atoms with E-state index in [4.69, 9.17) is 4.42 Å². The number of nitrogens with zero attached hydrogens (tertiary/aromatic N) is 3. The third kappa shape index (κ3) is 4.09. The summed E-state index contributed by atoms with van der Waals surface area (Å²) in [6.07, 6.45) is 3.32. The smallest absolute Gasteiger partial charge is 0.253 e. The average molecular weight is 341 g/mol. The van der Waals surface area contributed by atoms with Gasteiger partial charge in [-0.05, 0) is 48.8 Å². The quantitative estimate of drug-likeness (QED) is 0.815. The summed E-state index contributed by atoms with van der Waals surface area (Å²) in [4.78, 5) is 14.9. The minimum Gasteiger partial charge on any atom is -0.421 e. The van der Waals surface area contributed by atoms with Gasteiger partial charge in [-0.2, -0.15) is 0 Å². The van der Waals surface area contributed by atoms with Crippen LogP contribution in [0.3, 0.4) is 0 Å². The first-order valence-electron chi connectivity index (χ1n) is 9.04. The van der Waals surface area contributed by atoms with Crippen LogP contribution in [0.1, 0.15) is 56.3 Å². The molecule has 0 radical (unpaired) electrons. The maximum absolute atomic E-state index is 13.0. The fraction of sp³-hybridized carbons (Fsp3) is 0.550. The molecule has 1 unspecified atom stereocenters. The number of hydrogen-bond acceptors (Lipinski definition) is 4. The van der Waals surface area contributed by atoms with E-state index in [-0.39, 0.29) is 5.91 Å². The van der Waals surface area contributed by atoms with Crippen molar-refractivity contribution in [3.8, 4) is 11.5 Å². The highest BCUT2D eigenvalue weighted by molar-refractivity contribution is 5.95.